The summed E-state index contributed by atoms with van der Waals surface area (Å²) in [4.78, 5) is 0. The molecule has 1 aromatic carbocycles. The van der Waals surface area contributed by atoms with E-state index in [1.54, 1.807) is 12.3 Å². The Hall–Kier alpha value is -2.16. The summed E-state index contributed by atoms with van der Waals surface area (Å²) in [5.41, 5.74) is 2.16. The summed E-state index contributed by atoms with van der Waals surface area (Å²) in [6.45, 7) is 4.21. The Kier molecular flexibility index (Phi) is 4.80. The smallest absolute Gasteiger partial charge is 0.144 e. The normalized spacial score (nSPS) is 38.7. The largest absolute Gasteiger partial charge is 0.389 e. The third kappa shape index (κ3) is 2.99. The number of halogens is 1. The van der Waals surface area contributed by atoms with E-state index in [4.69, 9.17) is 0 Å². The van der Waals surface area contributed by atoms with Crippen LogP contribution in [0, 0.1) is 34.4 Å². The maximum absolute atomic E-state index is 14.8. The second kappa shape index (κ2) is 7.18. The summed E-state index contributed by atoms with van der Waals surface area (Å²) in [5.74, 6) is 0.874. The molecule has 0 aromatic heterocycles. The van der Waals surface area contributed by atoms with Crippen molar-refractivity contribution in [3.8, 4) is 6.07 Å². The molecule has 0 bridgehead atoms. The van der Waals surface area contributed by atoms with Crippen LogP contribution in [0.25, 0.3) is 0 Å². The molecule has 2 N–H and O–H groups in total. The summed E-state index contributed by atoms with van der Waals surface area (Å²) in [6, 6.07) is 5.51. The minimum Gasteiger partial charge on any atom is -0.389 e. The van der Waals surface area contributed by atoms with Gasteiger partial charge in [-0.05, 0) is 97.5 Å². The van der Waals surface area contributed by atoms with Crippen molar-refractivity contribution < 1.29 is 14.7 Å². The fourth-order valence-corrected chi connectivity index (χ4v) is 7.32. The van der Waals surface area contributed by atoms with Gasteiger partial charge in [0.05, 0.1) is 17.2 Å². The van der Waals surface area contributed by atoms with Crippen LogP contribution in [0.1, 0.15) is 75.0 Å². The number of allylic oxidation sites excluding steroid dienone is 1. The molecule has 0 amide bonds. The predicted molar refractivity (Wildman–Crippen MR) is 116 cm³/mol. The zero-order chi connectivity index (χ0) is 22.0. The molecule has 4 nitrogen and oxygen atoms in total. The third-order valence-electron chi connectivity index (χ3n) is 9.10. The van der Waals surface area contributed by atoms with E-state index in [1.165, 1.54) is 5.06 Å². The third-order valence-corrected chi connectivity index (χ3v) is 9.10. The summed E-state index contributed by atoms with van der Waals surface area (Å²) in [6.07, 6.45) is 11.5. The Morgan fingerprint density at radius 1 is 1.26 bits per heavy atom. The maximum atomic E-state index is 14.8. The molecule has 0 spiro atoms. The topological polar surface area (TPSA) is 67.5 Å². The Morgan fingerprint density at radius 3 is 2.81 bits per heavy atom. The van der Waals surface area contributed by atoms with Gasteiger partial charge in [-0.2, -0.15) is 5.26 Å². The fourth-order valence-electron chi connectivity index (χ4n) is 7.32. The number of fused-ring (bicyclic) bond motifs is 5. The minimum atomic E-state index is -0.758. The van der Waals surface area contributed by atoms with Crippen LogP contribution in [0.2, 0.25) is 0 Å². The van der Waals surface area contributed by atoms with Gasteiger partial charge in [0.1, 0.15) is 11.9 Å². The first-order valence-electron chi connectivity index (χ1n) is 11.6. The van der Waals surface area contributed by atoms with Crippen molar-refractivity contribution in [2.24, 2.45) is 17.3 Å². The van der Waals surface area contributed by atoms with E-state index in [2.05, 4.69) is 6.92 Å². The zero-order valence-corrected chi connectivity index (χ0v) is 18.3. The van der Waals surface area contributed by atoms with Crippen LogP contribution < -0.4 is 0 Å². The fraction of sp³-hybridized carbons (Fsp3) is 0.577. The molecule has 4 aliphatic rings. The summed E-state index contributed by atoms with van der Waals surface area (Å²) in [5, 5.41) is 32.1. The minimum absolute atomic E-state index is 0.0904. The molecule has 2 saturated carbocycles. The van der Waals surface area contributed by atoms with Crippen LogP contribution in [-0.2, 0) is 6.42 Å². The molecule has 3 aliphatic carbocycles. The van der Waals surface area contributed by atoms with E-state index in [1.807, 2.05) is 31.2 Å². The monoisotopic (exact) mass is 422 g/mol. The summed E-state index contributed by atoms with van der Waals surface area (Å²) >= 11 is 0. The average Bonchev–Trinajstić information content (AvgIpc) is 3.01. The first kappa shape index (κ1) is 20.7. The van der Waals surface area contributed by atoms with E-state index in [0.717, 1.165) is 48.8 Å². The standard InChI is InChI=1S/C26H31FN2O2/c1-16-13-17(9-12-29(16)31)14-26(30)11-8-23-21-5-6-22-19(4-3-18(15-28)24(22)27)20(21)7-10-25(23,26)2/h3-4,9,12-13,16,20-21,23,30-31H,5-8,10-11,14H2,1-2H3/t16?,20?,21?,23?,25-,26+/m0/s1. The molecule has 0 saturated heterocycles. The van der Waals surface area contributed by atoms with Crippen LogP contribution in [0.4, 0.5) is 4.39 Å². The van der Waals surface area contributed by atoms with E-state index in [0.29, 0.717) is 30.6 Å². The Bertz CT molecular complexity index is 1010. The van der Waals surface area contributed by atoms with Gasteiger partial charge >= 0.3 is 0 Å². The second-order valence-corrected chi connectivity index (χ2v) is 10.4. The lowest BCUT2D eigenvalue weighted by Crippen LogP contribution is -2.51. The molecule has 5 rings (SSSR count). The quantitative estimate of drug-likeness (QED) is 0.687. The highest BCUT2D eigenvalue weighted by Gasteiger charge is 2.61. The number of hydrogen-bond donors (Lipinski definition) is 2. The van der Waals surface area contributed by atoms with Gasteiger partial charge in [-0.15, -0.1) is 0 Å². The Labute approximate surface area is 183 Å². The van der Waals surface area contributed by atoms with Gasteiger partial charge in [0.25, 0.3) is 0 Å². The van der Waals surface area contributed by atoms with Gasteiger partial charge in [0.15, 0.2) is 0 Å². The molecule has 31 heavy (non-hydrogen) atoms. The Balaban J connectivity index is 1.42. The van der Waals surface area contributed by atoms with Crippen LogP contribution >= 0.6 is 0 Å². The van der Waals surface area contributed by atoms with Crippen LogP contribution in [-0.4, -0.2) is 27.0 Å². The molecular formula is C26H31FN2O2. The zero-order valence-electron chi connectivity index (χ0n) is 18.3. The highest BCUT2D eigenvalue weighted by atomic mass is 19.1. The lowest BCUT2D eigenvalue weighted by Gasteiger charge is -2.53. The van der Waals surface area contributed by atoms with Crippen LogP contribution in [0.15, 0.2) is 36.1 Å². The predicted octanol–water partition coefficient (Wildman–Crippen LogP) is 5.21. The molecule has 5 heteroatoms. The van der Waals surface area contributed by atoms with Gasteiger partial charge < -0.3 is 5.11 Å². The summed E-state index contributed by atoms with van der Waals surface area (Å²) in [7, 11) is 0. The van der Waals surface area contributed by atoms with E-state index in [-0.39, 0.29) is 22.8 Å². The maximum Gasteiger partial charge on any atom is 0.144 e. The van der Waals surface area contributed by atoms with Crippen LogP contribution in [0.5, 0.6) is 0 Å². The van der Waals surface area contributed by atoms with Crippen molar-refractivity contribution in [1.82, 2.24) is 5.06 Å². The number of rotatable bonds is 2. The molecule has 1 aromatic rings. The van der Waals surface area contributed by atoms with Gasteiger partial charge in [-0.3, -0.25) is 10.3 Å². The van der Waals surface area contributed by atoms with Gasteiger partial charge in [-0.1, -0.05) is 19.1 Å². The summed E-state index contributed by atoms with van der Waals surface area (Å²) < 4.78 is 14.8. The number of hydrogen-bond acceptors (Lipinski definition) is 4. The molecular weight excluding hydrogens is 391 g/mol. The van der Waals surface area contributed by atoms with Crippen LogP contribution in [0.3, 0.4) is 0 Å². The van der Waals surface area contributed by atoms with Crippen molar-refractivity contribution in [2.45, 2.75) is 76.4 Å². The van der Waals surface area contributed by atoms with Gasteiger partial charge in [-0.25, -0.2) is 4.39 Å². The first-order chi connectivity index (χ1) is 14.8. The molecule has 164 valence electrons. The average molecular weight is 423 g/mol. The highest BCUT2D eigenvalue weighted by Crippen LogP contribution is 2.65. The highest BCUT2D eigenvalue weighted by molar-refractivity contribution is 5.44. The lowest BCUT2D eigenvalue weighted by atomic mass is 9.52. The number of hydroxylamine groups is 2. The SMILES string of the molecule is CC1C=C(C[C@]2(O)CCC3C4CCc5c(ccc(C#N)c5F)C4CC[C@@]32C)C=CN1O. The molecule has 1 aliphatic heterocycles. The molecule has 0 radical (unpaired) electrons. The van der Waals surface area contributed by atoms with E-state index < -0.39 is 5.60 Å². The molecule has 2 fully saturated rings. The number of nitrogens with zero attached hydrogens (tertiary/aromatic N) is 2. The Morgan fingerprint density at radius 2 is 2.06 bits per heavy atom. The lowest BCUT2D eigenvalue weighted by molar-refractivity contribution is -0.102. The van der Waals surface area contributed by atoms with Crippen molar-refractivity contribution in [1.29, 1.82) is 5.26 Å². The first-order valence-corrected chi connectivity index (χ1v) is 11.6. The number of benzene rings is 1. The number of nitriles is 1. The van der Waals surface area contributed by atoms with Crippen molar-refractivity contribution >= 4 is 0 Å². The second-order valence-electron chi connectivity index (χ2n) is 10.4. The molecule has 4 unspecified atom stereocenters. The van der Waals surface area contributed by atoms with Crippen molar-refractivity contribution in [3.63, 3.8) is 0 Å². The van der Waals surface area contributed by atoms with Gasteiger partial charge in [0.2, 0.25) is 0 Å². The van der Waals surface area contributed by atoms with Crippen molar-refractivity contribution in [3.05, 3.63) is 58.6 Å². The van der Waals surface area contributed by atoms with Crippen molar-refractivity contribution in [2.75, 3.05) is 0 Å². The number of aliphatic hydroxyl groups is 1. The van der Waals surface area contributed by atoms with E-state index in [9.17, 15) is 20.0 Å². The van der Waals surface area contributed by atoms with Gasteiger partial charge in [0, 0.05) is 12.6 Å². The molecule has 1 heterocycles. The van der Waals surface area contributed by atoms with E-state index >= 15 is 0 Å². The molecule has 6 atom stereocenters.